The zero-order valence-corrected chi connectivity index (χ0v) is 12.1. The molecule has 0 radical (unpaired) electrons. The molecule has 0 aliphatic rings. The first-order chi connectivity index (χ1) is 9.65. The second-order valence-electron chi connectivity index (χ2n) is 4.66. The Morgan fingerprint density at radius 3 is 2.65 bits per heavy atom. The molecule has 0 saturated heterocycles. The lowest BCUT2D eigenvalue weighted by atomic mass is 9.92. The Kier molecular flexibility index (Phi) is 4.88. The number of benzene rings is 2. The number of methoxy groups -OCH3 is 1. The Labute approximate surface area is 123 Å². The predicted molar refractivity (Wildman–Crippen MR) is 81.6 cm³/mol. The van der Waals surface area contributed by atoms with Crippen LogP contribution in [0.5, 0.6) is 11.5 Å². The van der Waals surface area contributed by atoms with Crippen molar-refractivity contribution in [3.8, 4) is 11.5 Å². The summed E-state index contributed by atoms with van der Waals surface area (Å²) in [5.74, 6) is 0.744. The highest BCUT2D eigenvalue weighted by molar-refractivity contribution is 6.31. The highest BCUT2D eigenvalue weighted by atomic mass is 35.5. The third kappa shape index (κ3) is 3.24. The maximum Gasteiger partial charge on any atom is 0.160 e. The molecule has 1 unspecified atom stereocenters. The van der Waals surface area contributed by atoms with Gasteiger partial charge in [0.1, 0.15) is 0 Å². The van der Waals surface area contributed by atoms with E-state index < -0.39 is 0 Å². The summed E-state index contributed by atoms with van der Waals surface area (Å²) in [6.07, 6.45) is 0.747. The maximum atomic E-state index is 9.62. The first-order valence-corrected chi connectivity index (χ1v) is 6.84. The fourth-order valence-corrected chi connectivity index (χ4v) is 2.55. The van der Waals surface area contributed by atoms with Gasteiger partial charge in [0.2, 0.25) is 0 Å². The second kappa shape index (κ2) is 6.64. The third-order valence-electron chi connectivity index (χ3n) is 3.36. The largest absolute Gasteiger partial charge is 0.504 e. The Morgan fingerprint density at radius 2 is 2.00 bits per heavy atom. The Hall–Kier alpha value is -1.71. The van der Waals surface area contributed by atoms with Gasteiger partial charge >= 0.3 is 0 Å². The molecule has 1 atom stereocenters. The highest BCUT2D eigenvalue weighted by Crippen LogP contribution is 2.31. The Bertz CT molecular complexity index is 586. The van der Waals surface area contributed by atoms with E-state index in [1.807, 2.05) is 36.4 Å². The second-order valence-corrected chi connectivity index (χ2v) is 5.07. The SMILES string of the molecule is COc1cc(CC(CN)c2ccccc2Cl)ccc1O. The minimum absolute atomic E-state index is 0.137. The maximum absolute atomic E-state index is 9.62. The molecule has 0 aromatic heterocycles. The van der Waals surface area contributed by atoms with E-state index in [-0.39, 0.29) is 11.7 Å². The molecule has 0 fully saturated rings. The summed E-state index contributed by atoms with van der Waals surface area (Å²) in [6, 6.07) is 13.1. The first-order valence-electron chi connectivity index (χ1n) is 6.46. The zero-order chi connectivity index (χ0) is 14.5. The lowest BCUT2D eigenvalue weighted by molar-refractivity contribution is 0.373. The summed E-state index contributed by atoms with van der Waals surface area (Å²) in [5, 5.41) is 10.3. The van der Waals surface area contributed by atoms with Crippen LogP contribution in [0.25, 0.3) is 0 Å². The lowest BCUT2D eigenvalue weighted by Gasteiger charge is -2.17. The quantitative estimate of drug-likeness (QED) is 0.888. The third-order valence-corrected chi connectivity index (χ3v) is 3.70. The normalized spacial score (nSPS) is 12.2. The molecule has 0 amide bonds. The van der Waals surface area contributed by atoms with Gasteiger partial charge in [0.05, 0.1) is 7.11 Å². The molecule has 106 valence electrons. The number of nitrogens with two attached hydrogens (primary N) is 1. The van der Waals surface area contributed by atoms with Gasteiger partial charge in [-0.05, 0) is 42.3 Å². The molecule has 2 aromatic carbocycles. The Morgan fingerprint density at radius 1 is 1.25 bits per heavy atom. The van der Waals surface area contributed by atoms with E-state index in [9.17, 15) is 5.11 Å². The minimum Gasteiger partial charge on any atom is -0.504 e. The van der Waals surface area contributed by atoms with Crippen molar-refractivity contribution in [3.05, 3.63) is 58.6 Å². The molecular formula is C16H18ClNO2. The van der Waals surface area contributed by atoms with Crippen LogP contribution in [0.1, 0.15) is 17.0 Å². The van der Waals surface area contributed by atoms with Crippen LogP contribution < -0.4 is 10.5 Å². The van der Waals surface area contributed by atoms with Gasteiger partial charge in [0.25, 0.3) is 0 Å². The van der Waals surface area contributed by atoms with Crippen LogP contribution in [-0.2, 0) is 6.42 Å². The summed E-state index contributed by atoms with van der Waals surface area (Å²) >= 11 is 6.23. The average molecular weight is 292 g/mol. The van der Waals surface area contributed by atoms with E-state index in [2.05, 4.69) is 0 Å². The van der Waals surface area contributed by atoms with Gasteiger partial charge in [-0.3, -0.25) is 0 Å². The van der Waals surface area contributed by atoms with E-state index >= 15 is 0 Å². The molecule has 2 rings (SSSR count). The molecule has 20 heavy (non-hydrogen) atoms. The summed E-state index contributed by atoms with van der Waals surface area (Å²) in [7, 11) is 1.54. The number of phenolic OH excluding ortho intramolecular Hbond substituents is 1. The zero-order valence-electron chi connectivity index (χ0n) is 11.3. The van der Waals surface area contributed by atoms with Crippen molar-refractivity contribution in [2.24, 2.45) is 5.73 Å². The topological polar surface area (TPSA) is 55.5 Å². The van der Waals surface area contributed by atoms with Crippen LogP contribution >= 0.6 is 11.6 Å². The molecular weight excluding hydrogens is 274 g/mol. The lowest BCUT2D eigenvalue weighted by Crippen LogP contribution is -2.15. The van der Waals surface area contributed by atoms with Gasteiger partial charge in [-0.1, -0.05) is 35.9 Å². The number of hydrogen-bond donors (Lipinski definition) is 2. The van der Waals surface area contributed by atoms with Gasteiger partial charge in [-0.15, -0.1) is 0 Å². The molecule has 2 aromatic rings. The van der Waals surface area contributed by atoms with Crippen LogP contribution in [0.2, 0.25) is 5.02 Å². The summed E-state index contributed by atoms with van der Waals surface area (Å²) in [4.78, 5) is 0. The Balaban J connectivity index is 2.25. The van der Waals surface area contributed by atoms with Crippen molar-refractivity contribution < 1.29 is 9.84 Å². The van der Waals surface area contributed by atoms with Crippen LogP contribution in [0, 0.1) is 0 Å². The molecule has 0 aliphatic carbocycles. The standard InChI is InChI=1S/C16H18ClNO2/c1-20-16-9-11(6-7-15(16)19)8-12(10-18)13-4-2-3-5-14(13)17/h2-7,9,12,19H,8,10,18H2,1H3. The van der Waals surface area contributed by atoms with E-state index in [1.165, 1.54) is 7.11 Å². The molecule has 3 N–H and O–H groups in total. The fourth-order valence-electron chi connectivity index (χ4n) is 2.26. The van der Waals surface area contributed by atoms with Crippen molar-refractivity contribution in [2.45, 2.75) is 12.3 Å². The van der Waals surface area contributed by atoms with Gasteiger partial charge in [0, 0.05) is 10.9 Å². The van der Waals surface area contributed by atoms with Crippen LogP contribution in [0.4, 0.5) is 0 Å². The van der Waals surface area contributed by atoms with Crippen LogP contribution in [0.15, 0.2) is 42.5 Å². The molecule has 0 heterocycles. The van der Waals surface area contributed by atoms with Crippen molar-refractivity contribution in [1.29, 1.82) is 0 Å². The summed E-state index contributed by atoms with van der Waals surface area (Å²) < 4.78 is 5.12. The molecule has 0 spiro atoms. The molecule has 3 nitrogen and oxygen atoms in total. The number of hydrogen-bond acceptors (Lipinski definition) is 3. The number of halogens is 1. The van der Waals surface area contributed by atoms with E-state index in [0.717, 1.165) is 22.6 Å². The van der Waals surface area contributed by atoms with Crippen LogP contribution in [0.3, 0.4) is 0 Å². The smallest absolute Gasteiger partial charge is 0.160 e. The monoisotopic (exact) mass is 291 g/mol. The average Bonchev–Trinajstić information content (AvgIpc) is 2.47. The minimum atomic E-state index is 0.137. The molecule has 0 saturated carbocycles. The molecule has 0 aliphatic heterocycles. The predicted octanol–water partition coefficient (Wildman–Crippen LogP) is 3.34. The molecule has 0 bridgehead atoms. The highest BCUT2D eigenvalue weighted by Gasteiger charge is 2.14. The van der Waals surface area contributed by atoms with Crippen molar-refractivity contribution in [1.82, 2.24) is 0 Å². The van der Waals surface area contributed by atoms with Crippen molar-refractivity contribution in [2.75, 3.05) is 13.7 Å². The van der Waals surface area contributed by atoms with Gasteiger partial charge in [0.15, 0.2) is 11.5 Å². The van der Waals surface area contributed by atoms with E-state index in [0.29, 0.717) is 12.3 Å². The first kappa shape index (κ1) is 14.7. The number of ether oxygens (including phenoxy) is 1. The molecule has 4 heteroatoms. The number of rotatable bonds is 5. The van der Waals surface area contributed by atoms with Gasteiger partial charge < -0.3 is 15.6 Å². The van der Waals surface area contributed by atoms with Gasteiger partial charge in [-0.25, -0.2) is 0 Å². The van der Waals surface area contributed by atoms with Crippen molar-refractivity contribution in [3.63, 3.8) is 0 Å². The van der Waals surface area contributed by atoms with E-state index in [1.54, 1.807) is 6.07 Å². The summed E-state index contributed by atoms with van der Waals surface area (Å²) in [5.41, 5.74) is 7.98. The van der Waals surface area contributed by atoms with E-state index in [4.69, 9.17) is 22.1 Å². The fraction of sp³-hybridized carbons (Fsp3) is 0.250. The van der Waals surface area contributed by atoms with Crippen molar-refractivity contribution >= 4 is 11.6 Å². The number of phenols is 1. The number of aromatic hydroxyl groups is 1. The van der Waals surface area contributed by atoms with Gasteiger partial charge in [-0.2, -0.15) is 0 Å². The summed E-state index contributed by atoms with van der Waals surface area (Å²) in [6.45, 7) is 0.507. The van der Waals surface area contributed by atoms with Crippen LogP contribution in [-0.4, -0.2) is 18.8 Å².